The molecule has 0 aliphatic carbocycles. The molecule has 0 atom stereocenters. The minimum atomic E-state index is 0.382. The van der Waals surface area contributed by atoms with Gasteiger partial charge in [0.05, 0.1) is 6.54 Å². The maximum Gasteiger partial charge on any atom is 0.199 e. The Hall–Kier alpha value is -1.66. The van der Waals surface area contributed by atoms with Crippen LogP contribution in [0.25, 0.3) is 0 Å². The predicted molar refractivity (Wildman–Crippen MR) is 106 cm³/mol. The van der Waals surface area contributed by atoms with Gasteiger partial charge in [-0.3, -0.25) is 0 Å². The van der Waals surface area contributed by atoms with Gasteiger partial charge >= 0.3 is 0 Å². The van der Waals surface area contributed by atoms with Crippen LogP contribution in [0.3, 0.4) is 0 Å². The second kappa shape index (κ2) is 7.94. The summed E-state index contributed by atoms with van der Waals surface area (Å²) in [6, 6.07) is 15.1. The molecule has 0 fully saturated rings. The summed E-state index contributed by atoms with van der Waals surface area (Å²) in [7, 11) is 0. The van der Waals surface area contributed by atoms with Gasteiger partial charge < -0.3 is 9.88 Å². The summed E-state index contributed by atoms with van der Waals surface area (Å²) in [5.74, 6) is 0. The molecule has 24 heavy (non-hydrogen) atoms. The predicted octanol–water partition coefficient (Wildman–Crippen LogP) is 5.20. The first-order valence-electron chi connectivity index (χ1n) is 7.10. The number of nitrogens with one attached hydrogen (secondary N) is 1. The Labute approximate surface area is 159 Å². The van der Waals surface area contributed by atoms with Gasteiger partial charge in [0.15, 0.2) is 9.91 Å². The number of thiocarbonyl (C=S) groups is 1. The molecule has 0 saturated carbocycles. The van der Waals surface area contributed by atoms with Crippen LogP contribution < -0.4 is 10.1 Å². The van der Waals surface area contributed by atoms with Crippen LogP contribution in [-0.4, -0.2) is 9.68 Å². The summed E-state index contributed by atoms with van der Waals surface area (Å²) >= 11 is 19.0. The lowest BCUT2D eigenvalue weighted by molar-refractivity contribution is 0.772. The molecule has 7 heteroatoms. The Bertz CT molecular complexity index is 931. The molecule has 1 heterocycles. The first kappa shape index (κ1) is 17.2. The molecule has 0 amide bonds. The lowest BCUT2D eigenvalue weighted by Gasteiger charge is -2.06. The average molecular weight is 394 g/mol. The van der Waals surface area contributed by atoms with Gasteiger partial charge in [0.2, 0.25) is 0 Å². The van der Waals surface area contributed by atoms with Crippen LogP contribution in [-0.2, 0) is 6.54 Å². The topological polar surface area (TPSA) is 29.3 Å². The Morgan fingerprint density at radius 1 is 1.17 bits per heavy atom. The summed E-state index contributed by atoms with van der Waals surface area (Å²) in [6.45, 7) is 0.641. The zero-order valence-corrected chi connectivity index (χ0v) is 15.6. The molecule has 1 N–H and O–H groups in total. The molecule has 3 rings (SSSR count). The first-order valence-corrected chi connectivity index (χ1v) is 9.15. The van der Waals surface area contributed by atoms with E-state index in [1.807, 2.05) is 58.6 Å². The van der Waals surface area contributed by atoms with Crippen LogP contribution in [0.1, 0.15) is 5.56 Å². The monoisotopic (exact) mass is 393 g/mol. The number of aromatic nitrogens is 1. The second-order valence-corrected chi connectivity index (χ2v) is 7.06. The molecule has 0 spiro atoms. The zero-order valence-electron chi connectivity index (χ0n) is 12.4. The highest BCUT2D eigenvalue weighted by molar-refractivity contribution is 7.80. The van der Waals surface area contributed by atoms with Crippen molar-refractivity contribution in [1.82, 2.24) is 4.57 Å². The van der Waals surface area contributed by atoms with Crippen molar-refractivity contribution < 1.29 is 0 Å². The molecule has 0 bridgehead atoms. The smallest absolute Gasteiger partial charge is 0.199 e. The Morgan fingerprint density at radius 3 is 2.79 bits per heavy atom. The number of nitrogens with zero attached hydrogens (tertiary/aromatic N) is 2. The third-order valence-electron chi connectivity index (χ3n) is 3.23. The molecule has 0 saturated heterocycles. The SMILES string of the molecule is S=C(N=c1sccn1Cc1ccccc1Cl)Nc1cccc(Cl)c1. The van der Waals surface area contributed by atoms with Gasteiger partial charge in [-0.15, -0.1) is 11.3 Å². The number of rotatable bonds is 3. The fraction of sp³-hybridized carbons (Fsp3) is 0.0588. The van der Waals surface area contributed by atoms with Crippen LogP contribution >= 0.6 is 46.8 Å². The van der Waals surface area contributed by atoms with Crippen LogP contribution in [0.15, 0.2) is 65.1 Å². The highest BCUT2D eigenvalue weighted by atomic mass is 35.5. The van der Waals surface area contributed by atoms with Crippen LogP contribution in [0, 0.1) is 0 Å². The fourth-order valence-corrected chi connectivity index (χ4v) is 3.50. The average Bonchev–Trinajstić information content (AvgIpc) is 2.96. The Balaban J connectivity index is 1.80. The number of hydrogen-bond acceptors (Lipinski definition) is 2. The summed E-state index contributed by atoms with van der Waals surface area (Å²) in [5.41, 5.74) is 1.85. The zero-order chi connectivity index (χ0) is 16.9. The number of halogens is 2. The molecule has 122 valence electrons. The number of anilines is 1. The van der Waals surface area contributed by atoms with Gasteiger partial charge in [-0.2, -0.15) is 4.99 Å². The van der Waals surface area contributed by atoms with E-state index < -0.39 is 0 Å². The van der Waals surface area contributed by atoms with E-state index in [9.17, 15) is 0 Å². The third-order valence-corrected chi connectivity index (χ3v) is 4.82. The van der Waals surface area contributed by atoms with E-state index in [2.05, 4.69) is 10.3 Å². The lowest BCUT2D eigenvalue weighted by Crippen LogP contribution is -2.19. The maximum absolute atomic E-state index is 6.23. The normalized spacial score (nSPS) is 11.5. The van der Waals surface area contributed by atoms with Gasteiger partial charge in [0, 0.05) is 27.3 Å². The molecule has 0 unspecified atom stereocenters. The summed E-state index contributed by atoms with van der Waals surface area (Å²) in [4.78, 5) is 5.29. The highest BCUT2D eigenvalue weighted by Gasteiger charge is 2.03. The van der Waals surface area contributed by atoms with Crippen LogP contribution in [0.2, 0.25) is 10.0 Å². The van der Waals surface area contributed by atoms with Crippen molar-refractivity contribution in [3.8, 4) is 0 Å². The fourth-order valence-electron chi connectivity index (χ4n) is 2.12. The molecule has 2 aromatic carbocycles. The van der Waals surface area contributed by atoms with Crippen molar-refractivity contribution in [2.75, 3.05) is 5.32 Å². The second-order valence-electron chi connectivity index (χ2n) is 4.96. The molecule has 3 nitrogen and oxygen atoms in total. The van der Waals surface area contributed by atoms with E-state index in [1.165, 1.54) is 11.3 Å². The number of hydrogen-bond donors (Lipinski definition) is 1. The van der Waals surface area contributed by atoms with Crippen molar-refractivity contribution in [3.63, 3.8) is 0 Å². The van der Waals surface area contributed by atoms with Gasteiger partial charge in [0.25, 0.3) is 0 Å². The molecule has 0 radical (unpaired) electrons. The van der Waals surface area contributed by atoms with E-state index in [0.717, 1.165) is 21.1 Å². The highest BCUT2D eigenvalue weighted by Crippen LogP contribution is 2.16. The van der Waals surface area contributed by atoms with E-state index in [1.54, 1.807) is 6.07 Å². The molecule has 3 aromatic rings. The maximum atomic E-state index is 6.23. The van der Waals surface area contributed by atoms with Crippen molar-refractivity contribution in [2.45, 2.75) is 6.54 Å². The van der Waals surface area contributed by atoms with E-state index in [-0.39, 0.29) is 0 Å². The van der Waals surface area contributed by atoms with E-state index in [4.69, 9.17) is 35.4 Å². The summed E-state index contributed by atoms with van der Waals surface area (Å²) in [6.07, 6.45) is 1.97. The Kier molecular flexibility index (Phi) is 5.68. The van der Waals surface area contributed by atoms with Crippen molar-refractivity contribution >= 4 is 57.6 Å². The molecule has 0 aliphatic rings. The van der Waals surface area contributed by atoms with Gasteiger partial charge in [-0.25, -0.2) is 0 Å². The minimum Gasteiger partial charge on any atom is -0.331 e. The van der Waals surface area contributed by atoms with Gasteiger partial charge in [-0.1, -0.05) is 47.5 Å². The number of benzene rings is 2. The van der Waals surface area contributed by atoms with E-state index in [0.29, 0.717) is 16.7 Å². The largest absolute Gasteiger partial charge is 0.331 e. The quantitative estimate of drug-likeness (QED) is 0.619. The standard InChI is InChI=1S/C17H13Cl2N3S2/c18-13-5-3-6-14(10-13)20-16(23)21-17-22(8-9-24-17)11-12-4-1-2-7-15(12)19/h1-10H,11H2,(H,20,23). The number of thiazole rings is 1. The molecule has 1 aromatic heterocycles. The van der Waals surface area contributed by atoms with Gasteiger partial charge in [-0.05, 0) is 42.0 Å². The van der Waals surface area contributed by atoms with Crippen LogP contribution in [0.4, 0.5) is 5.69 Å². The molecule has 0 aliphatic heterocycles. The molecular formula is C17H13Cl2N3S2. The first-order chi connectivity index (χ1) is 11.6. The van der Waals surface area contributed by atoms with Gasteiger partial charge in [0.1, 0.15) is 0 Å². The summed E-state index contributed by atoms with van der Waals surface area (Å²) < 4.78 is 2.01. The van der Waals surface area contributed by atoms with Crippen LogP contribution in [0.5, 0.6) is 0 Å². The Morgan fingerprint density at radius 2 is 2.00 bits per heavy atom. The van der Waals surface area contributed by atoms with Crippen molar-refractivity contribution in [2.24, 2.45) is 4.99 Å². The summed E-state index contributed by atoms with van der Waals surface area (Å²) in [5, 5.41) is 6.81. The minimum absolute atomic E-state index is 0.382. The van der Waals surface area contributed by atoms with Crippen molar-refractivity contribution in [1.29, 1.82) is 0 Å². The molecular weight excluding hydrogens is 381 g/mol. The van der Waals surface area contributed by atoms with E-state index >= 15 is 0 Å². The third kappa shape index (κ3) is 4.45. The van der Waals surface area contributed by atoms with Crippen molar-refractivity contribution in [3.05, 3.63) is 80.5 Å². The lowest BCUT2D eigenvalue weighted by atomic mass is 10.2.